The van der Waals surface area contributed by atoms with Gasteiger partial charge in [0.1, 0.15) is 24.0 Å². The van der Waals surface area contributed by atoms with Gasteiger partial charge in [-0.3, -0.25) is 9.47 Å². The van der Waals surface area contributed by atoms with Crippen molar-refractivity contribution < 1.29 is 19.4 Å². The summed E-state index contributed by atoms with van der Waals surface area (Å²) in [6.07, 6.45) is 3.01. The van der Waals surface area contributed by atoms with Crippen molar-refractivity contribution in [3.05, 3.63) is 124 Å². The van der Waals surface area contributed by atoms with Crippen LogP contribution < -0.4 is 15.2 Å². The Balaban J connectivity index is 1.37. The van der Waals surface area contributed by atoms with Crippen LogP contribution >= 0.6 is 0 Å². The molecule has 0 saturated heterocycles. The molecule has 0 radical (unpaired) electrons. The highest BCUT2D eigenvalue weighted by Crippen LogP contribution is 2.60. The van der Waals surface area contributed by atoms with E-state index in [1.807, 2.05) is 51.1 Å². The van der Waals surface area contributed by atoms with E-state index in [1.54, 1.807) is 15.9 Å². The Bertz CT molecular complexity index is 1720. The summed E-state index contributed by atoms with van der Waals surface area (Å²) >= 11 is 0. The summed E-state index contributed by atoms with van der Waals surface area (Å²) < 4.78 is 13.8. The van der Waals surface area contributed by atoms with E-state index in [1.165, 1.54) is 28.3 Å². The SMILES string of the molecule is CC(C)(C)OC(=O)N1C(CC2c3ccccc3-c3ccccc32)C2(CCC2)C(O)c2c(OCc3ccccc3)c(=O)ccn21. The van der Waals surface area contributed by atoms with Crippen LogP contribution in [0.3, 0.4) is 0 Å². The summed E-state index contributed by atoms with van der Waals surface area (Å²) in [5.41, 5.74) is 4.32. The molecule has 3 aliphatic rings. The van der Waals surface area contributed by atoms with Gasteiger partial charge in [0, 0.05) is 23.6 Å². The molecular weight excluding hydrogens is 552 g/mol. The number of aliphatic hydroxyl groups excluding tert-OH is 1. The van der Waals surface area contributed by atoms with Crippen LogP contribution in [0.5, 0.6) is 5.75 Å². The Morgan fingerprint density at radius 2 is 1.52 bits per heavy atom. The number of aliphatic hydroxyl groups is 1. The van der Waals surface area contributed by atoms with E-state index in [2.05, 4.69) is 48.5 Å². The molecule has 3 aromatic carbocycles. The van der Waals surface area contributed by atoms with Crippen molar-refractivity contribution in [1.29, 1.82) is 0 Å². The minimum atomic E-state index is -1.01. The van der Waals surface area contributed by atoms with E-state index in [9.17, 15) is 14.7 Å². The summed E-state index contributed by atoms with van der Waals surface area (Å²) in [6, 6.07) is 27.5. The van der Waals surface area contributed by atoms with Crippen LogP contribution in [-0.4, -0.2) is 27.5 Å². The summed E-state index contributed by atoms with van der Waals surface area (Å²) in [6.45, 7) is 5.71. The number of nitrogens with zero attached hydrogens (tertiary/aromatic N) is 2. The lowest BCUT2D eigenvalue weighted by Gasteiger charge is -2.58. The van der Waals surface area contributed by atoms with E-state index in [0.717, 1.165) is 24.8 Å². The molecule has 44 heavy (non-hydrogen) atoms. The highest BCUT2D eigenvalue weighted by atomic mass is 16.6. The predicted octanol–water partition coefficient (Wildman–Crippen LogP) is 7.09. The minimum absolute atomic E-state index is 0.0248. The maximum Gasteiger partial charge on any atom is 0.429 e. The average Bonchev–Trinajstić information content (AvgIpc) is 3.29. The fraction of sp³-hybridized carbons (Fsp3) is 0.351. The molecule has 2 aliphatic carbocycles. The Morgan fingerprint density at radius 1 is 0.909 bits per heavy atom. The van der Waals surface area contributed by atoms with Gasteiger partial charge in [-0.2, -0.15) is 0 Å². The number of ether oxygens (including phenoxy) is 2. The van der Waals surface area contributed by atoms with Gasteiger partial charge in [-0.05, 0) is 67.9 Å². The maximum absolute atomic E-state index is 14.2. The molecule has 7 rings (SSSR count). The summed E-state index contributed by atoms with van der Waals surface area (Å²) in [7, 11) is 0. The lowest BCUT2D eigenvalue weighted by Crippen LogP contribution is -2.65. The number of fused-ring (bicyclic) bond motifs is 4. The molecule has 7 heteroatoms. The molecule has 2 atom stereocenters. The van der Waals surface area contributed by atoms with Gasteiger partial charge >= 0.3 is 6.09 Å². The van der Waals surface area contributed by atoms with Crippen LogP contribution in [-0.2, 0) is 11.3 Å². The van der Waals surface area contributed by atoms with Crippen LogP contribution in [0, 0.1) is 5.41 Å². The van der Waals surface area contributed by atoms with Crippen LogP contribution in [0.2, 0.25) is 0 Å². The lowest BCUT2D eigenvalue weighted by molar-refractivity contribution is -0.0866. The molecule has 7 nitrogen and oxygen atoms in total. The van der Waals surface area contributed by atoms with Gasteiger partial charge in [0.25, 0.3) is 0 Å². The molecule has 1 aromatic heterocycles. The third kappa shape index (κ3) is 4.61. The standard InChI is InChI=1S/C37H38N2O5/c1-36(2,3)44-35(42)39-31(22-29-27-16-9-7-14-25(27)26-15-8-10-17-28(26)29)37(19-11-20-37)34(41)32-33(30(40)18-21-38(32)39)43-23-24-12-5-4-6-13-24/h4-10,12-18,21,29,31,34,41H,11,19-20,22-23H2,1-3H3. The van der Waals surface area contributed by atoms with Gasteiger partial charge in [-0.15, -0.1) is 0 Å². The van der Waals surface area contributed by atoms with Crippen molar-refractivity contribution in [1.82, 2.24) is 4.68 Å². The minimum Gasteiger partial charge on any atom is -0.483 e. The van der Waals surface area contributed by atoms with Crippen LogP contribution in [0.25, 0.3) is 11.1 Å². The first-order chi connectivity index (χ1) is 21.2. The second-order valence-electron chi connectivity index (χ2n) is 13.3. The van der Waals surface area contributed by atoms with E-state index in [-0.39, 0.29) is 23.7 Å². The fourth-order valence-electron chi connectivity index (χ4n) is 7.47. The van der Waals surface area contributed by atoms with Gasteiger partial charge in [-0.25, -0.2) is 9.80 Å². The van der Waals surface area contributed by atoms with E-state index >= 15 is 0 Å². The predicted molar refractivity (Wildman–Crippen MR) is 169 cm³/mol. The summed E-state index contributed by atoms with van der Waals surface area (Å²) in [4.78, 5) is 27.6. The van der Waals surface area contributed by atoms with E-state index in [0.29, 0.717) is 12.1 Å². The highest BCUT2D eigenvalue weighted by Gasteiger charge is 2.59. The Morgan fingerprint density at radius 3 is 2.11 bits per heavy atom. The summed E-state index contributed by atoms with van der Waals surface area (Å²) in [5, 5.41) is 13.9. The molecule has 2 heterocycles. The molecular formula is C37H38N2O5. The second kappa shape index (κ2) is 10.7. The number of aromatic nitrogens is 1. The first kappa shape index (κ1) is 28.4. The number of hydrogen-bond acceptors (Lipinski definition) is 5. The molecule has 1 fully saturated rings. The number of hydrogen-bond donors (Lipinski definition) is 1. The van der Waals surface area contributed by atoms with Crippen molar-refractivity contribution in [3.63, 3.8) is 0 Å². The Labute approximate surface area is 257 Å². The zero-order chi connectivity index (χ0) is 30.6. The molecule has 1 aliphatic heterocycles. The third-order valence-electron chi connectivity index (χ3n) is 9.58. The Kier molecular flexibility index (Phi) is 6.89. The summed E-state index contributed by atoms with van der Waals surface area (Å²) in [5.74, 6) is 0.0930. The zero-order valence-corrected chi connectivity index (χ0v) is 25.4. The number of rotatable bonds is 5. The number of carbonyl (C=O) groups excluding carboxylic acids is 1. The van der Waals surface area contributed by atoms with Gasteiger partial charge in [0.2, 0.25) is 5.43 Å². The quantitative estimate of drug-likeness (QED) is 0.269. The molecule has 4 aromatic rings. The first-order valence-electron chi connectivity index (χ1n) is 15.5. The molecule has 226 valence electrons. The topological polar surface area (TPSA) is 81.0 Å². The molecule has 1 saturated carbocycles. The zero-order valence-electron chi connectivity index (χ0n) is 25.4. The third-order valence-corrected chi connectivity index (χ3v) is 9.58. The normalized spacial score (nSPS) is 20.0. The first-order valence-corrected chi connectivity index (χ1v) is 15.5. The number of pyridine rings is 1. The van der Waals surface area contributed by atoms with Crippen LogP contribution in [0.15, 0.2) is 95.9 Å². The fourth-order valence-corrected chi connectivity index (χ4v) is 7.47. The number of benzene rings is 3. The number of carbonyl (C=O) groups is 1. The molecule has 2 unspecified atom stereocenters. The van der Waals surface area contributed by atoms with Gasteiger partial charge in [0.05, 0.1) is 6.04 Å². The second-order valence-corrected chi connectivity index (χ2v) is 13.3. The van der Waals surface area contributed by atoms with Crippen molar-refractivity contribution >= 4 is 6.09 Å². The molecule has 0 bridgehead atoms. The van der Waals surface area contributed by atoms with Gasteiger partial charge in [-0.1, -0.05) is 85.3 Å². The van der Waals surface area contributed by atoms with Crippen molar-refractivity contribution in [2.75, 3.05) is 5.01 Å². The average molecular weight is 591 g/mol. The lowest BCUT2D eigenvalue weighted by atomic mass is 9.57. The van der Waals surface area contributed by atoms with Gasteiger partial charge < -0.3 is 14.6 Å². The smallest absolute Gasteiger partial charge is 0.429 e. The molecule has 1 amide bonds. The van der Waals surface area contributed by atoms with Gasteiger partial charge in [0.15, 0.2) is 5.75 Å². The van der Waals surface area contributed by atoms with Crippen molar-refractivity contribution in [2.45, 2.75) is 76.7 Å². The molecule has 1 N–H and O–H groups in total. The van der Waals surface area contributed by atoms with Crippen LogP contribution in [0.1, 0.15) is 80.9 Å². The number of amides is 1. The molecule has 1 spiro atoms. The van der Waals surface area contributed by atoms with E-state index < -0.39 is 29.3 Å². The van der Waals surface area contributed by atoms with E-state index in [4.69, 9.17) is 9.47 Å². The highest BCUT2D eigenvalue weighted by molar-refractivity contribution is 5.82. The van der Waals surface area contributed by atoms with Crippen molar-refractivity contribution in [2.24, 2.45) is 5.41 Å². The monoisotopic (exact) mass is 590 g/mol. The Hall–Kier alpha value is -4.36. The van der Waals surface area contributed by atoms with Crippen LogP contribution in [0.4, 0.5) is 4.79 Å². The largest absolute Gasteiger partial charge is 0.483 e. The maximum atomic E-state index is 14.2. The van der Waals surface area contributed by atoms with Crippen molar-refractivity contribution in [3.8, 4) is 16.9 Å².